The average Bonchev–Trinajstić information content (AvgIpc) is 2.93. The summed E-state index contributed by atoms with van der Waals surface area (Å²) in [6.45, 7) is 3.67. The quantitative estimate of drug-likeness (QED) is 0.0977. The van der Waals surface area contributed by atoms with Crippen LogP contribution in [0.5, 0.6) is 0 Å². The first-order chi connectivity index (χ1) is 18.8. The Balaban J connectivity index is 2.41. The van der Waals surface area contributed by atoms with Crippen LogP contribution in [0.4, 0.5) is 0 Å². The molecule has 1 rings (SSSR count). The molecule has 1 fully saturated rings. The summed E-state index contributed by atoms with van der Waals surface area (Å²) in [5.41, 5.74) is 0. The fraction of sp³-hybridized carbons (Fsp3) is 0.967. The summed E-state index contributed by atoms with van der Waals surface area (Å²) >= 11 is 0. The lowest BCUT2D eigenvalue weighted by atomic mass is 9.99. The van der Waals surface area contributed by atoms with Gasteiger partial charge in [-0.3, -0.25) is 4.79 Å². The van der Waals surface area contributed by atoms with E-state index in [1.807, 2.05) is 0 Å². The van der Waals surface area contributed by atoms with Crippen LogP contribution < -0.4 is 5.32 Å². The van der Waals surface area contributed by atoms with Crippen LogP contribution in [0.2, 0.25) is 0 Å². The van der Waals surface area contributed by atoms with Crippen LogP contribution in [-0.4, -0.2) is 87.5 Å². The Labute approximate surface area is 236 Å². The molecule has 7 atom stereocenters. The van der Waals surface area contributed by atoms with E-state index in [-0.39, 0.29) is 12.5 Å². The Kier molecular flexibility index (Phi) is 21.2. The van der Waals surface area contributed by atoms with Gasteiger partial charge in [0.1, 0.15) is 24.4 Å². The van der Waals surface area contributed by atoms with Gasteiger partial charge in [0.05, 0.1) is 25.4 Å². The number of hydrogen-bond acceptors (Lipinski definition) is 8. The van der Waals surface area contributed by atoms with Gasteiger partial charge in [-0.05, 0) is 12.8 Å². The second-order valence-corrected chi connectivity index (χ2v) is 11.3. The molecular formula is C30H59NO8. The van der Waals surface area contributed by atoms with Gasteiger partial charge in [-0.25, -0.2) is 0 Å². The summed E-state index contributed by atoms with van der Waals surface area (Å²) < 4.78 is 11.0. The first-order valence-electron chi connectivity index (χ1n) is 15.7. The SMILES string of the molecule is CCCCCCCCCCCCCCC(=O)NC(COC1OC(CO)C(O)C(O)C1O)C(O)CCCCCC. The Morgan fingerprint density at radius 1 is 0.769 bits per heavy atom. The number of amides is 1. The van der Waals surface area contributed by atoms with Crippen molar-refractivity contribution >= 4 is 5.91 Å². The van der Waals surface area contributed by atoms with Crippen molar-refractivity contribution in [3.63, 3.8) is 0 Å². The zero-order valence-corrected chi connectivity index (χ0v) is 24.6. The number of unbranched alkanes of at least 4 members (excludes halogenated alkanes) is 14. The maximum absolute atomic E-state index is 12.7. The highest BCUT2D eigenvalue weighted by Gasteiger charge is 2.44. The van der Waals surface area contributed by atoms with Crippen LogP contribution in [0.1, 0.15) is 129 Å². The number of aliphatic hydroxyl groups excluding tert-OH is 5. The zero-order chi connectivity index (χ0) is 28.9. The fourth-order valence-corrected chi connectivity index (χ4v) is 5.04. The number of ether oxygens (including phenoxy) is 2. The molecule has 7 unspecified atom stereocenters. The van der Waals surface area contributed by atoms with Crippen LogP contribution in [0.25, 0.3) is 0 Å². The average molecular weight is 562 g/mol. The fourth-order valence-electron chi connectivity index (χ4n) is 5.04. The smallest absolute Gasteiger partial charge is 0.220 e. The molecule has 9 nitrogen and oxygen atoms in total. The van der Waals surface area contributed by atoms with E-state index in [1.165, 1.54) is 57.8 Å². The van der Waals surface area contributed by atoms with Crippen LogP contribution >= 0.6 is 0 Å². The summed E-state index contributed by atoms with van der Waals surface area (Å²) in [6, 6.07) is -0.705. The van der Waals surface area contributed by atoms with Crippen LogP contribution in [0, 0.1) is 0 Å². The summed E-state index contributed by atoms with van der Waals surface area (Å²) in [5.74, 6) is -0.155. The van der Waals surface area contributed by atoms with E-state index in [4.69, 9.17) is 9.47 Å². The number of rotatable bonds is 24. The molecule has 0 spiro atoms. The second-order valence-electron chi connectivity index (χ2n) is 11.3. The lowest BCUT2D eigenvalue weighted by molar-refractivity contribution is -0.302. The Morgan fingerprint density at radius 3 is 1.82 bits per heavy atom. The lowest BCUT2D eigenvalue weighted by Gasteiger charge is -2.40. The maximum atomic E-state index is 12.7. The predicted molar refractivity (Wildman–Crippen MR) is 152 cm³/mol. The summed E-state index contributed by atoms with van der Waals surface area (Å²) in [4.78, 5) is 12.7. The highest BCUT2D eigenvalue weighted by atomic mass is 16.7. The molecule has 0 aromatic carbocycles. The lowest BCUT2D eigenvalue weighted by Crippen LogP contribution is -2.60. The standard InChI is InChI=1S/C30H59NO8/c1-3-5-7-9-10-11-12-13-14-15-16-18-20-26(34)31-23(24(33)19-17-8-6-4-2)22-38-30-29(37)28(36)27(35)25(21-32)39-30/h23-25,27-30,32-33,35-37H,3-22H2,1-2H3,(H,31,34). The van der Waals surface area contributed by atoms with Crippen molar-refractivity contribution in [3.8, 4) is 0 Å². The highest BCUT2D eigenvalue weighted by Crippen LogP contribution is 2.22. The summed E-state index contributed by atoms with van der Waals surface area (Å²) in [6.07, 6.45) is 11.7. The number of carbonyl (C=O) groups excluding carboxylic acids is 1. The van der Waals surface area contributed by atoms with Gasteiger partial charge in [-0.1, -0.05) is 110 Å². The molecule has 1 aliphatic heterocycles. The van der Waals surface area contributed by atoms with Crippen molar-refractivity contribution in [1.29, 1.82) is 0 Å². The number of carbonyl (C=O) groups is 1. The molecule has 232 valence electrons. The Hall–Kier alpha value is -0.810. The van der Waals surface area contributed by atoms with Crippen molar-refractivity contribution < 1.29 is 39.8 Å². The van der Waals surface area contributed by atoms with Gasteiger partial charge in [-0.15, -0.1) is 0 Å². The zero-order valence-electron chi connectivity index (χ0n) is 24.6. The Bertz CT molecular complexity index is 593. The molecule has 6 N–H and O–H groups in total. The van der Waals surface area contributed by atoms with Crippen LogP contribution in [-0.2, 0) is 14.3 Å². The van der Waals surface area contributed by atoms with Crippen LogP contribution in [0.3, 0.4) is 0 Å². The number of hydrogen-bond donors (Lipinski definition) is 6. The molecule has 1 aliphatic rings. The molecule has 0 aliphatic carbocycles. The molecule has 1 heterocycles. The monoisotopic (exact) mass is 561 g/mol. The van der Waals surface area contributed by atoms with Gasteiger partial charge in [0.25, 0.3) is 0 Å². The van der Waals surface area contributed by atoms with Gasteiger partial charge in [0.15, 0.2) is 6.29 Å². The molecule has 0 aromatic heterocycles. The minimum absolute atomic E-state index is 0.137. The van der Waals surface area contributed by atoms with Gasteiger partial charge in [0.2, 0.25) is 5.91 Å². The second kappa shape index (κ2) is 22.8. The van der Waals surface area contributed by atoms with Gasteiger partial charge in [0, 0.05) is 6.42 Å². The molecule has 9 heteroatoms. The van der Waals surface area contributed by atoms with E-state index < -0.39 is 49.5 Å². The third-order valence-corrected chi connectivity index (χ3v) is 7.71. The largest absolute Gasteiger partial charge is 0.394 e. The minimum atomic E-state index is -1.54. The maximum Gasteiger partial charge on any atom is 0.220 e. The van der Waals surface area contributed by atoms with E-state index in [1.54, 1.807) is 0 Å². The van der Waals surface area contributed by atoms with Crippen molar-refractivity contribution in [2.24, 2.45) is 0 Å². The topological polar surface area (TPSA) is 149 Å². The van der Waals surface area contributed by atoms with Crippen molar-refractivity contribution in [1.82, 2.24) is 5.32 Å². The minimum Gasteiger partial charge on any atom is -0.394 e. The van der Waals surface area contributed by atoms with E-state index in [0.29, 0.717) is 12.8 Å². The number of aliphatic hydroxyl groups is 5. The molecule has 0 bridgehead atoms. The van der Waals surface area contributed by atoms with Crippen molar-refractivity contribution in [2.45, 2.75) is 172 Å². The van der Waals surface area contributed by atoms with E-state index in [2.05, 4.69) is 19.2 Å². The van der Waals surface area contributed by atoms with E-state index >= 15 is 0 Å². The van der Waals surface area contributed by atoms with E-state index in [9.17, 15) is 30.3 Å². The molecule has 0 aromatic rings. The molecule has 39 heavy (non-hydrogen) atoms. The molecule has 1 amide bonds. The highest BCUT2D eigenvalue weighted by molar-refractivity contribution is 5.76. The first-order valence-corrected chi connectivity index (χ1v) is 15.7. The number of nitrogens with one attached hydrogen (secondary N) is 1. The molecular weight excluding hydrogens is 502 g/mol. The Morgan fingerprint density at radius 2 is 1.28 bits per heavy atom. The molecule has 0 radical (unpaired) electrons. The third-order valence-electron chi connectivity index (χ3n) is 7.71. The van der Waals surface area contributed by atoms with Crippen LogP contribution in [0.15, 0.2) is 0 Å². The van der Waals surface area contributed by atoms with Gasteiger partial charge in [-0.2, -0.15) is 0 Å². The molecule has 0 saturated carbocycles. The predicted octanol–water partition coefficient (Wildman–Crippen LogP) is 3.71. The molecule has 1 saturated heterocycles. The van der Waals surface area contributed by atoms with Crippen molar-refractivity contribution in [3.05, 3.63) is 0 Å². The van der Waals surface area contributed by atoms with Gasteiger partial charge >= 0.3 is 0 Å². The summed E-state index contributed by atoms with van der Waals surface area (Å²) in [7, 11) is 0. The third kappa shape index (κ3) is 15.7. The van der Waals surface area contributed by atoms with Crippen molar-refractivity contribution in [2.75, 3.05) is 13.2 Å². The van der Waals surface area contributed by atoms with Gasteiger partial charge < -0.3 is 40.3 Å². The summed E-state index contributed by atoms with van der Waals surface area (Å²) in [5, 5.41) is 53.3. The first kappa shape index (κ1) is 36.2. The van der Waals surface area contributed by atoms with E-state index in [0.717, 1.165) is 44.9 Å². The normalized spacial score (nSPS) is 24.9.